The van der Waals surface area contributed by atoms with Crippen molar-refractivity contribution in [1.29, 1.82) is 0 Å². The Morgan fingerprint density at radius 1 is 1.37 bits per heavy atom. The minimum absolute atomic E-state index is 0.133. The molecule has 0 aromatic carbocycles. The zero-order chi connectivity index (χ0) is 14.2. The molecule has 0 saturated heterocycles. The fourth-order valence-corrected chi connectivity index (χ4v) is 2.23. The Hall–Kier alpha value is -1.89. The van der Waals surface area contributed by atoms with Gasteiger partial charge in [0.05, 0.1) is 17.6 Å². The first-order chi connectivity index (χ1) is 8.95. The summed E-state index contributed by atoms with van der Waals surface area (Å²) in [5, 5.41) is 14.0. The van der Waals surface area contributed by atoms with Gasteiger partial charge in [0.25, 0.3) is 0 Å². The van der Waals surface area contributed by atoms with Crippen LogP contribution in [0, 0.1) is 13.8 Å². The Morgan fingerprint density at radius 2 is 2.05 bits per heavy atom. The first-order valence-corrected chi connectivity index (χ1v) is 6.83. The summed E-state index contributed by atoms with van der Waals surface area (Å²) < 4.78 is 1.69. The highest BCUT2D eigenvalue weighted by Crippen LogP contribution is 2.28. The molecule has 2 rings (SSSR count). The molecule has 0 aliphatic carbocycles. The van der Waals surface area contributed by atoms with E-state index in [2.05, 4.69) is 15.1 Å². The van der Waals surface area contributed by atoms with Crippen LogP contribution in [0.4, 0.5) is 0 Å². The van der Waals surface area contributed by atoms with E-state index in [1.807, 2.05) is 20.2 Å². The van der Waals surface area contributed by atoms with E-state index in [1.54, 1.807) is 17.8 Å². The van der Waals surface area contributed by atoms with Crippen LogP contribution in [-0.4, -0.2) is 37.1 Å². The van der Waals surface area contributed by atoms with Crippen molar-refractivity contribution in [2.24, 2.45) is 7.05 Å². The smallest absolute Gasteiger partial charge is 0.339 e. The van der Waals surface area contributed by atoms with Crippen LogP contribution in [0.2, 0.25) is 0 Å². The van der Waals surface area contributed by atoms with Crippen LogP contribution in [0.15, 0.2) is 11.4 Å². The van der Waals surface area contributed by atoms with Gasteiger partial charge in [-0.15, -0.1) is 0 Å². The number of carbonyl (C=O) groups is 1. The molecular weight excluding hydrogens is 264 g/mol. The standard InChI is InChI=1S/C12H14N4O2S/c1-6-9(11(17)18)10(15-12(14-6)19-4)8-5-13-16(3)7(8)2/h5H,1-4H3,(H,17,18). The molecule has 19 heavy (non-hydrogen) atoms. The van der Waals surface area contributed by atoms with Gasteiger partial charge in [-0.2, -0.15) is 5.10 Å². The van der Waals surface area contributed by atoms with E-state index in [0.717, 1.165) is 11.3 Å². The van der Waals surface area contributed by atoms with Crippen LogP contribution < -0.4 is 0 Å². The van der Waals surface area contributed by atoms with E-state index in [0.29, 0.717) is 16.5 Å². The van der Waals surface area contributed by atoms with Crippen LogP contribution in [0.1, 0.15) is 21.7 Å². The predicted molar refractivity (Wildman–Crippen MR) is 72.4 cm³/mol. The zero-order valence-electron chi connectivity index (χ0n) is 11.1. The van der Waals surface area contributed by atoms with Gasteiger partial charge in [-0.3, -0.25) is 4.68 Å². The molecule has 2 heterocycles. The molecule has 0 spiro atoms. The van der Waals surface area contributed by atoms with Gasteiger partial charge in [0.1, 0.15) is 5.56 Å². The molecule has 7 heteroatoms. The van der Waals surface area contributed by atoms with E-state index in [4.69, 9.17) is 0 Å². The van der Waals surface area contributed by atoms with Crippen molar-refractivity contribution in [1.82, 2.24) is 19.7 Å². The zero-order valence-corrected chi connectivity index (χ0v) is 11.9. The lowest BCUT2D eigenvalue weighted by Gasteiger charge is -2.09. The summed E-state index contributed by atoms with van der Waals surface area (Å²) in [4.78, 5) is 19.9. The fraction of sp³-hybridized carbons (Fsp3) is 0.333. The number of aromatic nitrogens is 4. The summed E-state index contributed by atoms with van der Waals surface area (Å²) in [6.45, 7) is 3.56. The average molecular weight is 278 g/mol. The number of carboxylic acid groups (broad SMARTS) is 1. The molecule has 2 aromatic rings. The number of hydrogen-bond donors (Lipinski definition) is 1. The van der Waals surface area contributed by atoms with Gasteiger partial charge < -0.3 is 5.11 Å². The molecule has 0 fully saturated rings. The number of carboxylic acids is 1. The topological polar surface area (TPSA) is 80.9 Å². The molecule has 0 aliphatic rings. The van der Waals surface area contributed by atoms with Gasteiger partial charge >= 0.3 is 5.97 Å². The van der Waals surface area contributed by atoms with Crippen LogP contribution in [0.5, 0.6) is 0 Å². The molecule has 100 valence electrons. The highest BCUT2D eigenvalue weighted by molar-refractivity contribution is 7.98. The molecule has 0 bridgehead atoms. The molecule has 1 N–H and O–H groups in total. The van der Waals surface area contributed by atoms with E-state index < -0.39 is 5.97 Å². The van der Waals surface area contributed by atoms with E-state index in [9.17, 15) is 9.90 Å². The summed E-state index contributed by atoms with van der Waals surface area (Å²) in [5.74, 6) is -1.02. The second-order valence-electron chi connectivity index (χ2n) is 4.09. The predicted octanol–water partition coefficient (Wildman–Crippen LogP) is 1.91. The maximum Gasteiger partial charge on any atom is 0.339 e. The number of thioether (sulfide) groups is 1. The molecule has 2 aromatic heterocycles. The Kier molecular flexibility index (Phi) is 3.57. The summed E-state index contributed by atoms with van der Waals surface area (Å²) >= 11 is 1.38. The molecule has 0 amide bonds. The van der Waals surface area contributed by atoms with Crippen molar-refractivity contribution in [2.75, 3.05) is 6.26 Å². The largest absolute Gasteiger partial charge is 0.478 e. The third-order valence-electron chi connectivity index (χ3n) is 2.96. The van der Waals surface area contributed by atoms with Gasteiger partial charge in [-0.1, -0.05) is 11.8 Å². The molecule has 0 unspecified atom stereocenters. The quantitative estimate of drug-likeness (QED) is 0.682. The van der Waals surface area contributed by atoms with Crippen LogP contribution in [-0.2, 0) is 7.05 Å². The summed E-state index contributed by atoms with van der Waals surface area (Å²) in [5.41, 5.74) is 2.61. The van der Waals surface area contributed by atoms with Gasteiger partial charge in [0.15, 0.2) is 5.16 Å². The highest BCUT2D eigenvalue weighted by atomic mass is 32.2. The molecular formula is C12H14N4O2S. The second-order valence-corrected chi connectivity index (χ2v) is 4.87. The molecule has 0 radical (unpaired) electrons. The maximum absolute atomic E-state index is 11.4. The highest BCUT2D eigenvalue weighted by Gasteiger charge is 2.21. The van der Waals surface area contributed by atoms with Crippen molar-refractivity contribution in [3.63, 3.8) is 0 Å². The normalized spacial score (nSPS) is 10.7. The van der Waals surface area contributed by atoms with Crippen LogP contribution in [0.3, 0.4) is 0 Å². The number of nitrogens with zero attached hydrogens (tertiary/aromatic N) is 4. The Bertz CT molecular complexity index is 651. The molecule has 0 saturated carbocycles. The fourth-order valence-electron chi connectivity index (χ4n) is 1.82. The lowest BCUT2D eigenvalue weighted by molar-refractivity contribution is 0.0696. The Labute approximate surface area is 114 Å². The summed E-state index contributed by atoms with van der Waals surface area (Å²) in [6, 6.07) is 0. The number of aryl methyl sites for hydroxylation is 2. The average Bonchev–Trinajstić information content (AvgIpc) is 2.68. The molecule has 6 nitrogen and oxygen atoms in total. The third kappa shape index (κ3) is 2.33. The van der Waals surface area contributed by atoms with Gasteiger partial charge in [-0.25, -0.2) is 14.8 Å². The molecule has 0 atom stereocenters. The SMILES string of the molecule is CSc1nc(C)c(C(=O)O)c(-c2cnn(C)c2C)n1. The van der Waals surface area contributed by atoms with Crippen LogP contribution >= 0.6 is 11.8 Å². The van der Waals surface area contributed by atoms with Crippen molar-refractivity contribution in [3.8, 4) is 11.3 Å². The van der Waals surface area contributed by atoms with Gasteiger partial charge in [-0.05, 0) is 20.1 Å². The number of hydrogen-bond acceptors (Lipinski definition) is 5. The summed E-state index contributed by atoms with van der Waals surface area (Å²) in [7, 11) is 1.81. The van der Waals surface area contributed by atoms with E-state index in [1.165, 1.54) is 11.8 Å². The Balaban J connectivity index is 2.76. The third-order valence-corrected chi connectivity index (χ3v) is 3.50. The maximum atomic E-state index is 11.4. The number of aromatic carboxylic acids is 1. The molecule has 0 aliphatic heterocycles. The lowest BCUT2D eigenvalue weighted by Crippen LogP contribution is -2.08. The van der Waals surface area contributed by atoms with Gasteiger partial charge in [0, 0.05) is 18.3 Å². The van der Waals surface area contributed by atoms with E-state index >= 15 is 0 Å². The summed E-state index contributed by atoms with van der Waals surface area (Å²) in [6.07, 6.45) is 3.49. The number of rotatable bonds is 3. The lowest BCUT2D eigenvalue weighted by atomic mass is 10.1. The second kappa shape index (κ2) is 5.00. The monoisotopic (exact) mass is 278 g/mol. The van der Waals surface area contributed by atoms with Gasteiger partial charge in [0.2, 0.25) is 0 Å². The van der Waals surface area contributed by atoms with Crippen molar-refractivity contribution in [3.05, 3.63) is 23.1 Å². The van der Waals surface area contributed by atoms with Crippen molar-refractivity contribution < 1.29 is 9.90 Å². The minimum Gasteiger partial charge on any atom is -0.478 e. The Morgan fingerprint density at radius 3 is 2.53 bits per heavy atom. The van der Waals surface area contributed by atoms with Crippen LogP contribution in [0.25, 0.3) is 11.3 Å². The minimum atomic E-state index is -1.02. The van der Waals surface area contributed by atoms with Crippen molar-refractivity contribution >= 4 is 17.7 Å². The van der Waals surface area contributed by atoms with Crippen molar-refractivity contribution in [2.45, 2.75) is 19.0 Å². The first kappa shape index (κ1) is 13.5. The van der Waals surface area contributed by atoms with E-state index in [-0.39, 0.29) is 5.56 Å². The first-order valence-electron chi connectivity index (χ1n) is 5.60.